The van der Waals surface area contributed by atoms with Crippen LogP contribution in [0.25, 0.3) is 0 Å². The molecule has 1 aliphatic carbocycles. The van der Waals surface area contributed by atoms with Crippen LogP contribution >= 0.6 is 0 Å². The van der Waals surface area contributed by atoms with Gasteiger partial charge in [-0.2, -0.15) is 0 Å². The first-order valence-electron chi connectivity index (χ1n) is 6.54. The van der Waals surface area contributed by atoms with Crippen LogP contribution in [0, 0.1) is 0 Å². The summed E-state index contributed by atoms with van der Waals surface area (Å²) in [5.74, 6) is 1.75. The van der Waals surface area contributed by atoms with Crippen LogP contribution in [0.5, 0.6) is 5.75 Å². The van der Waals surface area contributed by atoms with Crippen LogP contribution in [0.4, 0.5) is 0 Å². The molecular formula is C15H20O2. The molecule has 92 valence electrons. The van der Waals surface area contributed by atoms with Gasteiger partial charge in [0.2, 0.25) is 0 Å². The minimum Gasteiger partial charge on any atom is -0.494 e. The molecule has 0 saturated heterocycles. The molecule has 0 spiro atoms. The van der Waals surface area contributed by atoms with Crippen molar-refractivity contribution < 1.29 is 9.53 Å². The predicted octanol–water partition coefficient (Wildman–Crippen LogP) is 3.70. The van der Waals surface area contributed by atoms with Crippen LogP contribution < -0.4 is 4.74 Å². The smallest absolute Gasteiger partial charge is 0.133 e. The Morgan fingerprint density at radius 1 is 1.41 bits per heavy atom. The van der Waals surface area contributed by atoms with E-state index in [9.17, 15) is 4.79 Å². The van der Waals surface area contributed by atoms with Crippen molar-refractivity contribution in [2.45, 2.75) is 44.9 Å². The Balaban J connectivity index is 1.98. The standard InChI is InChI=1S/C15H20O2/c1-2-3-9-17-15-6-4-5-12(11-15)13-7-8-14(16)10-13/h4-6,11,13H,2-3,7-10H2,1H3/t13-/m1/s1. The average molecular weight is 232 g/mol. The highest BCUT2D eigenvalue weighted by molar-refractivity contribution is 5.81. The molecule has 0 amide bonds. The number of carbonyl (C=O) groups excluding carboxylic acids is 1. The van der Waals surface area contributed by atoms with Gasteiger partial charge >= 0.3 is 0 Å². The summed E-state index contributed by atoms with van der Waals surface area (Å²) in [5.41, 5.74) is 1.25. The summed E-state index contributed by atoms with van der Waals surface area (Å²) in [6, 6.07) is 8.23. The molecule has 0 bridgehead atoms. The van der Waals surface area contributed by atoms with Gasteiger partial charge in [-0.1, -0.05) is 25.5 Å². The maximum absolute atomic E-state index is 11.3. The second-order valence-electron chi connectivity index (χ2n) is 4.75. The quantitative estimate of drug-likeness (QED) is 0.723. The first-order chi connectivity index (χ1) is 8.29. The Kier molecular flexibility index (Phi) is 4.18. The zero-order valence-corrected chi connectivity index (χ0v) is 10.4. The lowest BCUT2D eigenvalue weighted by atomic mass is 9.97. The van der Waals surface area contributed by atoms with Gasteiger partial charge in [-0.3, -0.25) is 4.79 Å². The molecule has 1 aromatic rings. The van der Waals surface area contributed by atoms with Crippen LogP contribution in [0.3, 0.4) is 0 Å². The van der Waals surface area contributed by atoms with Gasteiger partial charge in [0.1, 0.15) is 11.5 Å². The number of unbranched alkanes of at least 4 members (excludes halogenated alkanes) is 1. The van der Waals surface area contributed by atoms with Gasteiger partial charge < -0.3 is 4.74 Å². The van der Waals surface area contributed by atoms with Gasteiger partial charge in [0, 0.05) is 12.8 Å². The van der Waals surface area contributed by atoms with Crippen LogP contribution in [0.2, 0.25) is 0 Å². The maximum Gasteiger partial charge on any atom is 0.133 e. The van der Waals surface area contributed by atoms with E-state index in [4.69, 9.17) is 4.74 Å². The van der Waals surface area contributed by atoms with Crippen molar-refractivity contribution in [3.8, 4) is 5.75 Å². The lowest BCUT2D eigenvalue weighted by Crippen LogP contribution is -1.99. The third kappa shape index (κ3) is 3.32. The second kappa shape index (κ2) is 5.85. The topological polar surface area (TPSA) is 26.3 Å². The summed E-state index contributed by atoms with van der Waals surface area (Å²) in [6.45, 7) is 2.94. The largest absolute Gasteiger partial charge is 0.494 e. The monoisotopic (exact) mass is 232 g/mol. The van der Waals surface area contributed by atoms with Crippen LogP contribution in [0.1, 0.15) is 50.5 Å². The molecule has 1 fully saturated rings. The lowest BCUT2D eigenvalue weighted by Gasteiger charge is -2.11. The highest BCUT2D eigenvalue weighted by Gasteiger charge is 2.23. The van der Waals surface area contributed by atoms with Crippen molar-refractivity contribution in [1.29, 1.82) is 0 Å². The number of ketones is 1. The fourth-order valence-electron chi connectivity index (χ4n) is 2.29. The summed E-state index contributed by atoms with van der Waals surface area (Å²) < 4.78 is 5.69. The molecule has 0 aliphatic heterocycles. The second-order valence-corrected chi connectivity index (χ2v) is 4.75. The molecule has 1 aliphatic rings. The summed E-state index contributed by atoms with van der Waals surface area (Å²) in [4.78, 5) is 11.3. The Morgan fingerprint density at radius 3 is 3.00 bits per heavy atom. The molecule has 1 aromatic carbocycles. The van der Waals surface area contributed by atoms with Crippen molar-refractivity contribution in [1.82, 2.24) is 0 Å². The Hall–Kier alpha value is -1.31. The third-order valence-corrected chi connectivity index (χ3v) is 3.34. The van der Waals surface area contributed by atoms with Crippen molar-refractivity contribution in [2.75, 3.05) is 6.61 Å². The Bertz CT molecular complexity index is 384. The van der Waals surface area contributed by atoms with Gasteiger partial charge in [-0.15, -0.1) is 0 Å². The number of carbonyl (C=O) groups is 1. The molecule has 2 heteroatoms. The first-order valence-corrected chi connectivity index (χ1v) is 6.54. The van der Waals surface area contributed by atoms with E-state index in [2.05, 4.69) is 19.1 Å². The molecule has 0 N–H and O–H groups in total. The molecule has 1 saturated carbocycles. The number of hydrogen-bond donors (Lipinski definition) is 0. The lowest BCUT2D eigenvalue weighted by molar-refractivity contribution is -0.117. The van der Waals surface area contributed by atoms with Crippen molar-refractivity contribution >= 4 is 5.78 Å². The summed E-state index contributed by atoms with van der Waals surface area (Å²) in [5, 5.41) is 0. The fraction of sp³-hybridized carbons (Fsp3) is 0.533. The van der Waals surface area contributed by atoms with Gasteiger partial charge in [0.15, 0.2) is 0 Å². The molecular weight excluding hydrogens is 212 g/mol. The Morgan fingerprint density at radius 2 is 2.29 bits per heavy atom. The van der Waals surface area contributed by atoms with E-state index in [1.807, 2.05) is 12.1 Å². The minimum absolute atomic E-state index is 0.396. The third-order valence-electron chi connectivity index (χ3n) is 3.34. The summed E-state index contributed by atoms with van der Waals surface area (Å²) in [6.07, 6.45) is 4.68. The Labute approximate surface area is 103 Å². The zero-order valence-electron chi connectivity index (χ0n) is 10.4. The molecule has 0 radical (unpaired) electrons. The molecule has 2 rings (SSSR count). The normalized spacial score (nSPS) is 19.6. The van der Waals surface area contributed by atoms with E-state index >= 15 is 0 Å². The van der Waals surface area contributed by atoms with Gasteiger partial charge in [0.25, 0.3) is 0 Å². The molecule has 1 atom stereocenters. The number of rotatable bonds is 5. The van der Waals surface area contributed by atoms with E-state index in [1.54, 1.807) is 0 Å². The maximum atomic E-state index is 11.3. The van der Waals surface area contributed by atoms with E-state index in [1.165, 1.54) is 5.56 Å². The fourth-order valence-corrected chi connectivity index (χ4v) is 2.29. The highest BCUT2D eigenvalue weighted by Crippen LogP contribution is 2.33. The van der Waals surface area contributed by atoms with Crippen molar-refractivity contribution in [3.05, 3.63) is 29.8 Å². The predicted molar refractivity (Wildman–Crippen MR) is 68.4 cm³/mol. The van der Waals surface area contributed by atoms with E-state index in [0.717, 1.165) is 38.0 Å². The number of Topliss-reactive ketones (excluding diaryl/α,β-unsaturated/α-hetero) is 1. The number of ether oxygens (including phenoxy) is 1. The van der Waals surface area contributed by atoms with E-state index in [-0.39, 0.29) is 0 Å². The van der Waals surface area contributed by atoms with E-state index in [0.29, 0.717) is 18.1 Å². The SMILES string of the molecule is CCCCOc1cccc([C@@H]2CCC(=O)C2)c1. The molecule has 17 heavy (non-hydrogen) atoms. The average Bonchev–Trinajstić information content (AvgIpc) is 2.77. The molecule has 0 aromatic heterocycles. The van der Waals surface area contributed by atoms with Crippen LogP contribution in [0.15, 0.2) is 24.3 Å². The minimum atomic E-state index is 0.396. The number of hydrogen-bond acceptors (Lipinski definition) is 2. The first kappa shape index (κ1) is 12.2. The van der Waals surface area contributed by atoms with E-state index < -0.39 is 0 Å². The number of benzene rings is 1. The molecule has 0 unspecified atom stereocenters. The summed E-state index contributed by atoms with van der Waals surface area (Å²) >= 11 is 0. The van der Waals surface area contributed by atoms with Crippen molar-refractivity contribution in [3.63, 3.8) is 0 Å². The highest BCUT2D eigenvalue weighted by atomic mass is 16.5. The van der Waals surface area contributed by atoms with Crippen molar-refractivity contribution in [2.24, 2.45) is 0 Å². The zero-order chi connectivity index (χ0) is 12.1. The van der Waals surface area contributed by atoms with Gasteiger partial charge in [0.05, 0.1) is 6.61 Å². The van der Waals surface area contributed by atoms with Crippen LogP contribution in [-0.2, 0) is 4.79 Å². The molecule has 0 heterocycles. The summed E-state index contributed by atoms with van der Waals surface area (Å²) in [7, 11) is 0. The van der Waals surface area contributed by atoms with Crippen LogP contribution in [-0.4, -0.2) is 12.4 Å². The van der Waals surface area contributed by atoms with Gasteiger partial charge in [-0.25, -0.2) is 0 Å². The van der Waals surface area contributed by atoms with Gasteiger partial charge in [-0.05, 0) is 36.5 Å². The molecule has 2 nitrogen and oxygen atoms in total.